The summed E-state index contributed by atoms with van der Waals surface area (Å²) in [6, 6.07) is 6.64. The Hall–Kier alpha value is -1.02. The van der Waals surface area contributed by atoms with Gasteiger partial charge in [-0.1, -0.05) is 19.9 Å². The Balaban J connectivity index is 2.20. The lowest BCUT2D eigenvalue weighted by Gasteiger charge is -2.22. The van der Waals surface area contributed by atoms with Crippen LogP contribution in [-0.4, -0.2) is 13.1 Å². The first kappa shape index (κ1) is 11.5. The fourth-order valence-electron chi connectivity index (χ4n) is 2.44. The van der Waals surface area contributed by atoms with E-state index in [-0.39, 0.29) is 0 Å². The van der Waals surface area contributed by atoms with Gasteiger partial charge >= 0.3 is 0 Å². The highest BCUT2D eigenvalue weighted by Crippen LogP contribution is 2.32. The fourth-order valence-corrected chi connectivity index (χ4v) is 2.44. The van der Waals surface area contributed by atoms with E-state index in [4.69, 9.17) is 5.73 Å². The second-order valence-corrected chi connectivity index (χ2v) is 5.65. The molecule has 0 radical (unpaired) electrons. The first-order chi connectivity index (χ1) is 7.52. The van der Waals surface area contributed by atoms with E-state index in [1.165, 1.54) is 29.8 Å². The molecule has 1 aliphatic rings. The summed E-state index contributed by atoms with van der Waals surface area (Å²) in [6.07, 6.45) is 1.28. The lowest BCUT2D eigenvalue weighted by Crippen LogP contribution is -2.22. The number of nitrogens with two attached hydrogens (primary N) is 1. The predicted molar refractivity (Wildman–Crippen MR) is 69.7 cm³/mol. The van der Waals surface area contributed by atoms with Crippen molar-refractivity contribution in [1.29, 1.82) is 0 Å². The molecule has 0 atom stereocenters. The molecule has 0 saturated carbocycles. The van der Waals surface area contributed by atoms with Crippen LogP contribution in [0.15, 0.2) is 18.2 Å². The zero-order valence-electron chi connectivity index (χ0n) is 10.6. The van der Waals surface area contributed by atoms with Crippen molar-refractivity contribution >= 4 is 5.69 Å². The van der Waals surface area contributed by atoms with Gasteiger partial charge < -0.3 is 10.6 Å². The maximum atomic E-state index is 5.68. The average Bonchev–Trinajstić information content (AvgIpc) is 2.59. The first-order valence-electron chi connectivity index (χ1n) is 6.06. The molecule has 0 bridgehead atoms. The molecule has 1 heterocycles. The normalized spacial score (nSPS) is 19.1. The van der Waals surface area contributed by atoms with Crippen LogP contribution < -0.4 is 10.6 Å². The maximum Gasteiger partial charge on any atom is 0.0369 e. The van der Waals surface area contributed by atoms with Gasteiger partial charge in [-0.25, -0.2) is 0 Å². The van der Waals surface area contributed by atoms with Gasteiger partial charge in [-0.15, -0.1) is 0 Å². The molecule has 0 spiro atoms. The molecule has 1 saturated heterocycles. The minimum Gasteiger partial charge on any atom is -0.371 e. The monoisotopic (exact) mass is 218 g/mol. The van der Waals surface area contributed by atoms with Gasteiger partial charge in [-0.2, -0.15) is 0 Å². The highest BCUT2D eigenvalue weighted by atomic mass is 15.2. The molecule has 0 unspecified atom stereocenters. The maximum absolute atomic E-state index is 5.68. The standard InChI is InChI=1S/C14H22N2/c1-11-8-13(5-4-12(11)9-15)16-7-6-14(2,3)10-16/h4-5,8H,6-7,9-10,15H2,1-3H3. The largest absolute Gasteiger partial charge is 0.371 e. The molecule has 0 aliphatic carbocycles. The van der Waals surface area contributed by atoms with Crippen LogP contribution in [0.4, 0.5) is 5.69 Å². The summed E-state index contributed by atoms with van der Waals surface area (Å²) in [6.45, 7) is 9.80. The minimum absolute atomic E-state index is 0.459. The smallest absolute Gasteiger partial charge is 0.0369 e. The molecule has 88 valence electrons. The van der Waals surface area contributed by atoms with Crippen molar-refractivity contribution in [2.75, 3.05) is 18.0 Å². The molecule has 2 rings (SSSR count). The van der Waals surface area contributed by atoms with Crippen LogP contribution in [0.3, 0.4) is 0 Å². The van der Waals surface area contributed by atoms with E-state index in [9.17, 15) is 0 Å². The van der Waals surface area contributed by atoms with Crippen molar-refractivity contribution in [3.05, 3.63) is 29.3 Å². The topological polar surface area (TPSA) is 29.3 Å². The van der Waals surface area contributed by atoms with Gasteiger partial charge in [0, 0.05) is 25.3 Å². The second kappa shape index (κ2) is 4.10. The minimum atomic E-state index is 0.459. The summed E-state index contributed by atoms with van der Waals surface area (Å²) in [4.78, 5) is 2.48. The van der Waals surface area contributed by atoms with Crippen molar-refractivity contribution in [2.45, 2.75) is 33.7 Å². The molecule has 0 aromatic heterocycles. The molecule has 2 nitrogen and oxygen atoms in total. The Morgan fingerprint density at radius 3 is 2.62 bits per heavy atom. The van der Waals surface area contributed by atoms with Gasteiger partial charge in [0.25, 0.3) is 0 Å². The SMILES string of the molecule is Cc1cc(N2CCC(C)(C)C2)ccc1CN. The number of hydrogen-bond donors (Lipinski definition) is 1. The lowest BCUT2D eigenvalue weighted by atomic mass is 9.93. The van der Waals surface area contributed by atoms with Crippen molar-refractivity contribution in [3.8, 4) is 0 Å². The zero-order chi connectivity index (χ0) is 11.8. The highest BCUT2D eigenvalue weighted by molar-refractivity contribution is 5.51. The van der Waals surface area contributed by atoms with Crippen LogP contribution >= 0.6 is 0 Å². The van der Waals surface area contributed by atoms with Gasteiger partial charge in [0.1, 0.15) is 0 Å². The quantitative estimate of drug-likeness (QED) is 0.827. The van der Waals surface area contributed by atoms with E-state index in [1.807, 2.05) is 0 Å². The van der Waals surface area contributed by atoms with Crippen LogP contribution in [0.5, 0.6) is 0 Å². The Morgan fingerprint density at radius 2 is 2.12 bits per heavy atom. The fraction of sp³-hybridized carbons (Fsp3) is 0.571. The van der Waals surface area contributed by atoms with Gasteiger partial charge in [-0.05, 0) is 42.0 Å². The number of anilines is 1. The highest BCUT2D eigenvalue weighted by Gasteiger charge is 2.29. The summed E-state index contributed by atoms with van der Waals surface area (Å²) >= 11 is 0. The molecule has 1 fully saturated rings. The van der Waals surface area contributed by atoms with Gasteiger partial charge in [0.2, 0.25) is 0 Å². The predicted octanol–water partition coefficient (Wildman–Crippen LogP) is 2.69. The molecule has 0 amide bonds. The number of benzene rings is 1. The molecule has 1 aromatic rings. The van der Waals surface area contributed by atoms with Gasteiger partial charge in [-0.3, -0.25) is 0 Å². The Labute approximate surface area is 98.4 Å². The Kier molecular flexibility index (Phi) is 2.94. The average molecular weight is 218 g/mol. The Bertz CT molecular complexity index is 382. The van der Waals surface area contributed by atoms with E-state index >= 15 is 0 Å². The van der Waals surface area contributed by atoms with Crippen LogP contribution in [0.2, 0.25) is 0 Å². The summed E-state index contributed by atoms with van der Waals surface area (Å²) in [7, 11) is 0. The number of nitrogens with zero attached hydrogens (tertiary/aromatic N) is 1. The van der Waals surface area contributed by atoms with E-state index < -0.39 is 0 Å². The van der Waals surface area contributed by atoms with E-state index in [2.05, 4.69) is 43.9 Å². The van der Waals surface area contributed by atoms with Crippen LogP contribution in [0, 0.1) is 12.3 Å². The molecule has 2 N–H and O–H groups in total. The van der Waals surface area contributed by atoms with Crippen molar-refractivity contribution in [1.82, 2.24) is 0 Å². The molecule has 16 heavy (non-hydrogen) atoms. The van der Waals surface area contributed by atoms with Crippen LogP contribution in [0.25, 0.3) is 0 Å². The number of rotatable bonds is 2. The summed E-state index contributed by atoms with van der Waals surface area (Å²) in [5.41, 5.74) is 10.1. The van der Waals surface area contributed by atoms with E-state index in [0.29, 0.717) is 12.0 Å². The molecular weight excluding hydrogens is 196 g/mol. The van der Waals surface area contributed by atoms with Crippen molar-refractivity contribution < 1.29 is 0 Å². The summed E-state index contributed by atoms with van der Waals surface area (Å²) in [5.74, 6) is 0. The molecule has 1 aliphatic heterocycles. The third kappa shape index (κ3) is 2.22. The van der Waals surface area contributed by atoms with Crippen LogP contribution in [-0.2, 0) is 6.54 Å². The van der Waals surface area contributed by atoms with Crippen molar-refractivity contribution in [3.63, 3.8) is 0 Å². The molecule has 2 heteroatoms. The van der Waals surface area contributed by atoms with E-state index in [0.717, 1.165) is 6.54 Å². The number of hydrogen-bond acceptors (Lipinski definition) is 2. The third-order valence-corrected chi connectivity index (χ3v) is 3.59. The molecule has 1 aromatic carbocycles. The van der Waals surface area contributed by atoms with E-state index in [1.54, 1.807) is 0 Å². The lowest BCUT2D eigenvalue weighted by molar-refractivity contribution is 0.418. The van der Waals surface area contributed by atoms with Crippen molar-refractivity contribution in [2.24, 2.45) is 11.1 Å². The second-order valence-electron chi connectivity index (χ2n) is 5.65. The van der Waals surface area contributed by atoms with Gasteiger partial charge in [0.15, 0.2) is 0 Å². The van der Waals surface area contributed by atoms with Crippen LogP contribution in [0.1, 0.15) is 31.4 Å². The first-order valence-corrected chi connectivity index (χ1v) is 6.06. The third-order valence-electron chi connectivity index (χ3n) is 3.59. The summed E-state index contributed by atoms with van der Waals surface area (Å²) < 4.78 is 0. The number of aryl methyl sites for hydroxylation is 1. The van der Waals surface area contributed by atoms with Gasteiger partial charge in [0.05, 0.1) is 0 Å². The summed E-state index contributed by atoms with van der Waals surface area (Å²) in [5, 5.41) is 0. The zero-order valence-corrected chi connectivity index (χ0v) is 10.6. The molecular formula is C14H22N2. The Morgan fingerprint density at radius 1 is 1.38 bits per heavy atom.